The Labute approximate surface area is 99.1 Å². The molecule has 17 heavy (non-hydrogen) atoms. The molecule has 0 radical (unpaired) electrons. The van der Waals surface area contributed by atoms with Crippen molar-refractivity contribution in [3.05, 3.63) is 24.3 Å². The van der Waals surface area contributed by atoms with E-state index in [0.717, 1.165) is 0 Å². The van der Waals surface area contributed by atoms with Crippen LogP contribution in [-0.4, -0.2) is 41.2 Å². The SMILES string of the molecule is C=C(C)C(=O)OC(OC(=O)C(=C)C)C(O)CO. The first-order valence-corrected chi connectivity index (χ1v) is 4.81. The van der Waals surface area contributed by atoms with Crippen LogP contribution in [0.1, 0.15) is 13.8 Å². The predicted octanol–water partition coefficient (Wildman–Crippen LogP) is -0.0957. The van der Waals surface area contributed by atoms with Crippen LogP contribution in [0.3, 0.4) is 0 Å². The second-order valence-electron chi connectivity index (χ2n) is 3.49. The lowest BCUT2D eigenvalue weighted by atomic mass is 10.3. The van der Waals surface area contributed by atoms with E-state index in [-0.39, 0.29) is 11.1 Å². The Morgan fingerprint density at radius 2 is 1.47 bits per heavy atom. The van der Waals surface area contributed by atoms with Gasteiger partial charge in [-0.1, -0.05) is 13.2 Å². The van der Waals surface area contributed by atoms with E-state index in [2.05, 4.69) is 22.6 Å². The molecule has 1 atom stereocenters. The topological polar surface area (TPSA) is 93.1 Å². The molecule has 0 aromatic carbocycles. The summed E-state index contributed by atoms with van der Waals surface area (Å²) in [6, 6.07) is 0. The van der Waals surface area contributed by atoms with Crippen LogP contribution in [0.2, 0.25) is 0 Å². The number of hydrogen-bond acceptors (Lipinski definition) is 6. The first-order chi connectivity index (χ1) is 7.79. The zero-order valence-corrected chi connectivity index (χ0v) is 9.80. The molecule has 0 aromatic heterocycles. The smallest absolute Gasteiger partial charge is 0.336 e. The number of carbonyl (C=O) groups is 2. The Bertz CT molecular complexity index is 305. The first kappa shape index (κ1) is 15.3. The van der Waals surface area contributed by atoms with E-state index in [9.17, 15) is 14.7 Å². The van der Waals surface area contributed by atoms with Crippen LogP contribution in [0.25, 0.3) is 0 Å². The van der Waals surface area contributed by atoms with Crippen molar-refractivity contribution < 1.29 is 29.3 Å². The number of aliphatic hydroxyl groups excluding tert-OH is 2. The fourth-order valence-electron chi connectivity index (χ4n) is 0.679. The second kappa shape index (κ2) is 6.82. The van der Waals surface area contributed by atoms with Crippen molar-refractivity contribution in [3.63, 3.8) is 0 Å². The second-order valence-corrected chi connectivity index (χ2v) is 3.49. The highest BCUT2D eigenvalue weighted by atomic mass is 16.7. The minimum absolute atomic E-state index is 0.0755. The van der Waals surface area contributed by atoms with Crippen molar-refractivity contribution >= 4 is 11.9 Å². The Hall–Kier alpha value is -1.66. The Morgan fingerprint density at radius 3 is 1.71 bits per heavy atom. The summed E-state index contributed by atoms with van der Waals surface area (Å²) in [5.74, 6) is -1.67. The van der Waals surface area contributed by atoms with Crippen LogP contribution in [0.5, 0.6) is 0 Å². The summed E-state index contributed by atoms with van der Waals surface area (Å²) in [4.78, 5) is 22.4. The van der Waals surface area contributed by atoms with E-state index in [1.165, 1.54) is 13.8 Å². The van der Waals surface area contributed by atoms with Crippen LogP contribution in [-0.2, 0) is 19.1 Å². The van der Waals surface area contributed by atoms with Gasteiger partial charge in [0.2, 0.25) is 0 Å². The molecule has 6 heteroatoms. The van der Waals surface area contributed by atoms with Crippen LogP contribution in [0.15, 0.2) is 24.3 Å². The van der Waals surface area contributed by atoms with Gasteiger partial charge >= 0.3 is 11.9 Å². The first-order valence-electron chi connectivity index (χ1n) is 4.81. The van der Waals surface area contributed by atoms with Gasteiger partial charge < -0.3 is 19.7 Å². The highest BCUT2D eigenvalue weighted by Crippen LogP contribution is 2.08. The van der Waals surface area contributed by atoms with Gasteiger partial charge in [-0.25, -0.2) is 9.59 Å². The minimum atomic E-state index is -1.59. The van der Waals surface area contributed by atoms with E-state index in [4.69, 9.17) is 5.11 Å². The number of carbonyl (C=O) groups excluding carboxylic acids is 2. The average molecular weight is 244 g/mol. The summed E-state index contributed by atoms with van der Waals surface area (Å²) in [5.41, 5.74) is 0.151. The van der Waals surface area contributed by atoms with Gasteiger partial charge in [-0.05, 0) is 13.8 Å². The van der Waals surface area contributed by atoms with Crippen molar-refractivity contribution in [3.8, 4) is 0 Å². The molecule has 0 amide bonds. The van der Waals surface area contributed by atoms with Gasteiger partial charge in [0.1, 0.15) is 0 Å². The van der Waals surface area contributed by atoms with Crippen LogP contribution in [0, 0.1) is 0 Å². The van der Waals surface area contributed by atoms with Gasteiger partial charge in [0.05, 0.1) is 6.61 Å². The molecular formula is C11H16O6. The zero-order chi connectivity index (χ0) is 13.6. The third-order valence-corrected chi connectivity index (χ3v) is 1.64. The fraction of sp³-hybridized carbons (Fsp3) is 0.455. The molecular weight excluding hydrogens is 228 g/mol. The van der Waals surface area contributed by atoms with Gasteiger partial charge in [-0.15, -0.1) is 0 Å². The van der Waals surface area contributed by atoms with Gasteiger partial charge in [0.25, 0.3) is 6.29 Å². The Balaban J connectivity index is 4.66. The summed E-state index contributed by atoms with van der Waals surface area (Å²) in [6.07, 6.45) is -3.12. The number of esters is 2. The van der Waals surface area contributed by atoms with Gasteiger partial charge in [0, 0.05) is 11.1 Å². The lowest BCUT2D eigenvalue weighted by Gasteiger charge is -2.21. The van der Waals surface area contributed by atoms with Crippen LogP contribution in [0.4, 0.5) is 0 Å². The van der Waals surface area contributed by atoms with Gasteiger partial charge in [-0.3, -0.25) is 0 Å². The maximum atomic E-state index is 11.2. The van der Waals surface area contributed by atoms with E-state index >= 15 is 0 Å². The molecule has 0 aliphatic heterocycles. The lowest BCUT2D eigenvalue weighted by molar-refractivity contribution is -0.205. The minimum Gasteiger partial charge on any atom is -0.419 e. The van der Waals surface area contributed by atoms with Crippen LogP contribution >= 0.6 is 0 Å². The fourth-order valence-corrected chi connectivity index (χ4v) is 0.679. The van der Waals surface area contributed by atoms with E-state index < -0.39 is 30.9 Å². The molecule has 0 rings (SSSR count). The summed E-state index contributed by atoms with van der Waals surface area (Å²) in [7, 11) is 0. The summed E-state index contributed by atoms with van der Waals surface area (Å²) < 4.78 is 9.31. The molecule has 1 unspecified atom stereocenters. The van der Waals surface area contributed by atoms with E-state index in [1.54, 1.807) is 0 Å². The molecule has 2 N–H and O–H groups in total. The molecule has 0 saturated carbocycles. The molecule has 0 spiro atoms. The molecule has 0 bridgehead atoms. The summed E-state index contributed by atoms with van der Waals surface area (Å²) in [6.45, 7) is 8.73. The molecule has 0 aliphatic carbocycles. The molecule has 96 valence electrons. The Morgan fingerprint density at radius 1 is 1.12 bits per heavy atom. The summed E-state index contributed by atoms with van der Waals surface area (Å²) >= 11 is 0. The molecule has 0 fully saturated rings. The third-order valence-electron chi connectivity index (χ3n) is 1.64. The number of aliphatic hydroxyl groups is 2. The normalized spacial score (nSPS) is 11.8. The number of hydrogen-bond donors (Lipinski definition) is 2. The van der Waals surface area contributed by atoms with Gasteiger partial charge in [-0.2, -0.15) is 0 Å². The van der Waals surface area contributed by atoms with E-state index in [1.807, 2.05) is 0 Å². The maximum absolute atomic E-state index is 11.2. The Kier molecular flexibility index (Phi) is 6.16. The highest BCUT2D eigenvalue weighted by molar-refractivity contribution is 5.88. The third kappa shape index (κ3) is 5.28. The van der Waals surface area contributed by atoms with Crippen LogP contribution < -0.4 is 0 Å². The standard InChI is InChI=1S/C11H16O6/c1-6(2)9(14)16-11(8(13)5-12)17-10(15)7(3)4/h8,11-13H,1,3,5H2,2,4H3. The van der Waals surface area contributed by atoms with Crippen molar-refractivity contribution in [2.45, 2.75) is 26.2 Å². The van der Waals surface area contributed by atoms with Crippen molar-refractivity contribution in [2.75, 3.05) is 6.61 Å². The average Bonchev–Trinajstić information content (AvgIpc) is 2.26. The van der Waals surface area contributed by atoms with Gasteiger partial charge in [0.15, 0.2) is 6.10 Å². The molecule has 0 aromatic rings. The summed E-state index contributed by atoms with van der Waals surface area (Å²) in [5, 5.41) is 18.0. The molecule has 0 aliphatic rings. The monoisotopic (exact) mass is 244 g/mol. The van der Waals surface area contributed by atoms with E-state index in [0.29, 0.717) is 0 Å². The predicted molar refractivity (Wildman–Crippen MR) is 58.7 cm³/mol. The molecule has 6 nitrogen and oxygen atoms in total. The maximum Gasteiger partial charge on any atom is 0.336 e. The zero-order valence-electron chi connectivity index (χ0n) is 9.80. The van der Waals surface area contributed by atoms with Crippen molar-refractivity contribution in [1.29, 1.82) is 0 Å². The highest BCUT2D eigenvalue weighted by Gasteiger charge is 2.27. The quantitative estimate of drug-likeness (QED) is 0.385. The van der Waals surface area contributed by atoms with Crippen molar-refractivity contribution in [2.24, 2.45) is 0 Å². The number of rotatable bonds is 6. The molecule has 0 saturated heterocycles. The number of ether oxygens (including phenoxy) is 2. The lowest BCUT2D eigenvalue weighted by Crippen LogP contribution is -2.38. The largest absolute Gasteiger partial charge is 0.419 e. The molecule has 0 heterocycles. The van der Waals surface area contributed by atoms with Crippen molar-refractivity contribution in [1.82, 2.24) is 0 Å².